The highest BCUT2D eigenvalue weighted by Gasteiger charge is 2.38. The van der Waals surface area contributed by atoms with E-state index in [1.54, 1.807) is 12.3 Å². The van der Waals surface area contributed by atoms with Crippen molar-refractivity contribution in [2.75, 3.05) is 37.6 Å². The van der Waals surface area contributed by atoms with Crippen LogP contribution in [0.15, 0.2) is 30.5 Å². The molecule has 2 fully saturated rings. The van der Waals surface area contributed by atoms with Crippen molar-refractivity contribution in [1.82, 2.24) is 9.88 Å². The zero-order valence-corrected chi connectivity index (χ0v) is 19.1. The van der Waals surface area contributed by atoms with Gasteiger partial charge in [0.2, 0.25) is 0 Å². The smallest absolute Gasteiger partial charge is 0.338 e. The van der Waals surface area contributed by atoms with Gasteiger partial charge in [-0.1, -0.05) is 6.07 Å². The highest BCUT2D eigenvalue weighted by molar-refractivity contribution is 5.93. The minimum Gasteiger partial charge on any atom is -0.457 e. The topological polar surface area (TPSA) is 89.7 Å². The van der Waals surface area contributed by atoms with Crippen molar-refractivity contribution in [3.63, 3.8) is 0 Å². The van der Waals surface area contributed by atoms with Crippen LogP contribution in [0.1, 0.15) is 64.4 Å². The van der Waals surface area contributed by atoms with E-state index >= 15 is 0 Å². The number of aliphatic hydroxyl groups is 1. The van der Waals surface area contributed by atoms with Crippen LogP contribution in [-0.2, 0) is 11.3 Å². The van der Waals surface area contributed by atoms with E-state index in [2.05, 4.69) is 20.9 Å². The van der Waals surface area contributed by atoms with Crippen molar-refractivity contribution in [2.45, 2.75) is 45.3 Å². The normalized spacial score (nSPS) is 20.9. The van der Waals surface area contributed by atoms with Crippen LogP contribution in [0.3, 0.4) is 0 Å². The zero-order valence-electron chi connectivity index (χ0n) is 19.1. The summed E-state index contributed by atoms with van der Waals surface area (Å²) >= 11 is 0. The quantitative estimate of drug-likeness (QED) is 0.721. The van der Waals surface area contributed by atoms with Crippen molar-refractivity contribution in [1.29, 1.82) is 5.26 Å². The Bertz CT molecular complexity index is 1090. The lowest BCUT2D eigenvalue weighted by Crippen LogP contribution is -2.47. The van der Waals surface area contributed by atoms with E-state index < -0.39 is 6.10 Å². The second kappa shape index (κ2) is 8.77. The number of anilines is 1. The number of ether oxygens (including phenoxy) is 1. The van der Waals surface area contributed by atoms with E-state index in [4.69, 9.17) is 4.74 Å². The fraction of sp³-hybridized carbons (Fsp3) is 0.500. The lowest BCUT2D eigenvalue weighted by atomic mass is 9.71. The van der Waals surface area contributed by atoms with Gasteiger partial charge in [0, 0.05) is 31.4 Å². The molecule has 4 heterocycles. The third kappa shape index (κ3) is 4.09. The van der Waals surface area contributed by atoms with Crippen LogP contribution >= 0.6 is 0 Å². The lowest BCUT2D eigenvalue weighted by molar-refractivity contribution is 0.0447. The molecule has 0 unspecified atom stereocenters. The number of aromatic nitrogens is 1. The standard InChI is InChI=1S/C26H30N4O3/c1-18-20(4-5-21-22(18)17-33-25(21)32)23(31)16-29-11-6-26(7-12-29)8-13-30(14-9-26)24-19(15-27)3-2-10-28-24/h2-5,10,23,31H,6-9,11-14,16-17H2,1H3/t23-/m0/s1. The third-order valence-corrected chi connectivity index (χ3v) is 7.95. The van der Waals surface area contributed by atoms with Gasteiger partial charge in [0.25, 0.3) is 0 Å². The molecule has 5 rings (SSSR count). The van der Waals surface area contributed by atoms with Crippen LogP contribution < -0.4 is 4.90 Å². The number of nitriles is 1. The summed E-state index contributed by atoms with van der Waals surface area (Å²) in [6.45, 7) is 6.71. The number of benzene rings is 1. The minimum absolute atomic E-state index is 0.270. The predicted octanol–water partition coefficient (Wildman–Crippen LogP) is 3.35. The van der Waals surface area contributed by atoms with Crippen LogP contribution in [0.4, 0.5) is 5.82 Å². The summed E-state index contributed by atoms with van der Waals surface area (Å²) in [5.41, 5.74) is 4.40. The molecule has 2 saturated heterocycles. The molecule has 0 radical (unpaired) electrons. The van der Waals surface area contributed by atoms with E-state index in [9.17, 15) is 15.2 Å². The molecule has 172 valence electrons. The molecule has 33 heavy (non-hydrogen) atoms. The molecule has 1 aromatic heterocycles. The fourth-order valence-electron chi connectivity index (χ4n) is 5.71. The SMILES string of the molecule is Cc1c([C@@H](O)CN2CCC3(CC2)CCN(c2ncccc2C#N)CC3)ccc2c1COC2=O. The number of rotatable bonds is 4. The van der Waals surface area contributed by atoms with E-state index in [-0.39, 0.29) is 5.97 Å². The van der Waals surface area contributed by atoms with Crippen molar-refractivity contribution in [3.05, 3.63) is 58.3 Å². The Morgan fingerprint density at radius 1 is 1.18 bits per heavy atom. The number of piperidine rings is 2. The van der Waals surface area contributed by atoms with E-state index in [1.807, 2.05) is 25.1 Å². The number of aliphatic hydroxyl groups excluding tert-OH is 1. The average Bonchev–Trinajstić information content (AvgIpc) is 3.23. The molecule has 3 aliphatic heterocycles. The fourth-order valence-corrected chi connectivity index (χ4v) is 5.71. The molecule has 0 aliphatic carbocycles. The number of hydrogen-bond acceptors (Lipinski definition) is 7. The summed E-state index contributed by atoms with van der Waals surface area (Å²) < 4.78 is 5.15. The molecule has 7 heteroatoms. The summed E-state index contributed by atoms with van der Waals surface area (Å²) in [4.78, 5) is 20.9. The number of fused-ring (bicyclic) bond motifs is 1. The molecule has 1 N–H and O–H groups in total. The van der Waals surface area contributed by atoms with Gasteiger partial charge in [-0.25, -0.2) is 9.78 Å². The molecule has 0 amide bonds. The minimum atomic E-state index is -0.574. The van der Waals surface area contributed by atoms with Gasteiger partial charge in [0.1, 0.15) is 18.5 Å². The second-order valence-corrected chi connectivity index (χ2v) is 9.67. The Hall–Kier alpha value is -2.95. The summed E-state index contributed by atoms with van der Waals surface area (Å²) in [7, 11) is 0. The van der Waals surface area contributed by atoms with Crippen molar-refractivity contribution in [2.24, 2.45) is 5.41 Å². The second-order valence-electron chi connectivity index (χ2n) is 9.67. The molecule has 7 nitrogen and oxygen atoms in total. The highest BCUT2D eigenvalue weighted by atomic mass is 16.5. The van der Waals surface area contributed by atoms with Crippen LogP contribution in [0.5, 0.6) is 0 Å². The molecule has 0 saturated carbocycles. The number of likely N-dealkylation sites (tertiary alicyclic amines) is 1. The van der Waals surface area contributed by atoms with Crippen LogP contribution in [0.25, 0.3) is 0 Å². The molecule has 0 bridgehead atoms. The number of β-amino-alcohol motifs (C(OH)–C–C–N with tert-alkyl or cyclic N) is 1. The molecule has 1 spiro atoms. The number of esters is 1. The summed E-state index contributed by atoms with van der Waals surface area (Å²) in [5, 5.41) is 20.3. The maximum atomic E-state index is 11.8. The van der Waals surface area contributed by atoms with E-state index in [0.717, 1.165) is 74.4 Å². The van der Waals surface area contributed by atoms with Gasteiger partial charge in [0.05, 0.1) is 17.2 Å². The summed E-state index contributed by atoms with van der Waals surface area (Å²) in [6.07, 6.45) is 5.68. The maximum absolute atomic E-state index is 11.8. The number of carbonyl (C=O) groups is 1. The predicted molar refractivity (Wildman–Crippen MR) is 124 cm³/mol. The Morgan fingerprint density at radius 2 is 1.91 bits per heavy atom. The van der Waals surface area contributed by atoms with Crippen molar-refractivity contribution >= 4 is 11.8 Å². The molecular weight excluding hydrogens is 416 g/mol. The van der Waals surface area contributed by atoms with Crippen LogP contribution in [0.2, 0.25) is 0 Å². The number of hydrogen-bond donors (Lipinski definition) is 1. The first-order valence-electron chi connectivity index (χ1n) is 11.8. The summed E-state index contributed by atoms with van der Waals surface area (Å²) in [6, 6.07) is 9.58. The van der Waals surface area contributed by atoms with Gasteiger partial charge < -0.3 is 19.6 Å². The van der Waals surface area contributed by atoms with Gasteiger partial charge in [-0.15, -0.1) is 0 Å². The zero-order chi connectivity index (χ0) is 23.0. The molecule has 2 aromatic rings. The number of carbonyl (C=O) groups excluding carboxylic acids is 1. The number of pyridine rings is 1. The van der Waals surface area contributed by atoms with Gasteiger partial charge >= 0.3 is 5.97 Å². The molecule has 1 atom stereocenters. The largest absolute Gasteiger partial charge is 0.457 e. The lowest BCUT2D eigenvalue weighted by Gasteiger charge is -2.47. The highest BCUT2D eigenvalue weighted by Crippen LogP contribution is 2.42. The Balaban J connectivity index is 1.17. The molecule has 1 aromatic carbocycles. The van der Waals surface area contributed by atoms with Crippen LogP contribution in [0, 0.1) is 23.7 Å². The summed E-state index contributed by atoms with van der Waals surface area (Å²) in [5.74, 6) is 0.542. The average molecular weight is 447 g/mol. The third-order valence-electron chi connectivity index (χ3n) is 7.95. The van der Waals surface area contributed by atoms with Gasteiger partial charge in [-0.3, -0.25) is 0 Å². The van der Waals surface area contributed by atoms with Gasteiger partial charge in [-0.2, -0.15) is 5.26 Å². The Labute approximate surface area is 194 Å². The monoisotopic (exact) mass is 446 g/mol. The van der Waals surface area contributed by atoms with Crippen molar-refractivity contribution in [3.8, 4) is 6.07 Å². The molecular formula is C26H30N4O3. The Morgan fingerprint density at radius 3 is 2.64 bits per heavy atom. The first-order valence-corrected chi connectivity index (χ1v) is 11.8. The number of nitrogens with zero attached hydrogens (tertiary/aromatic N) is 4. The van der Waals surface area contributed by atoms with Gasteiger partial charge in [0.15, 0.2) is 0 Å². The number of cyclic esters (lactones) is 1. The Kier molecular flexibility index (Phi) is 5.81. The van der Waals surface area contributed by atoms with Crippen molar-refractivity contribution < 1.29 is 14.6 Å². The van der Waals surface area contributed by atoms with E-state index in [1.165, 1.54) is 0 Å². The van der Waals surface area contributed by atoms with E-state index in [0.29, 0.717) is 29.7 Å². The first kappa shape index (κ1) is 21.9. The first-order chi connectivity index (χ1) is 16.0. The van der Waals surface area contributed by atoms with Crippen LogP contribution in [-0.4, -0.2) is 53.7 Å². The maximum Gasteiger partial charge on any atom is 0.338 e. The van der Waals surface area contributed by atoms with Gasteiger partial charge in [-0.05, 0) is 80.4 Å². The molecule has 3 aliphatic rings.